The Bertz CT molecular complexity index is 760. The van der Waals surface area contributed by atoms with Crippen LogP contribution in [0.1, 0.15) is 29.8 Å². The second-order valence-electron chi connectivity index (χ2n) is 5.51. The first kappa shape index (κ1) is 18.9. The van der Waals surface area contributed by atoms with E-state index in [0.717, 1.165) is 17.7 Å². The van der Waals surface area contributed by atoms with Gasteiger partial charge in [-0.25, -0.2) is 4.39 Å². The van der Waals surface area contributed by atoms with Gasteiger partial charge in [-0.15, -0.1) is 0 Å². The Balaban J connectivity index is 2.08. The summed E-state index contributed by atoms with van der Waals surface area (Å²) in [6.07, 6.45) is 0.789. The third-order valence-electron chi connectivity index (χ3n) is 3.85. The summed E-state index contributed by atoms with van der Waals surface area (Å²) in [5.41, 5.74) is 1.67. The van der Waals surface area contributed by atoms with Crippen LogP contribution in [0.15, 0.2) is 42.5 Å². The number of para-hydroxylation sites is 1. The average Bonchev–Trinajstić information content (AvgIpc) is 2.58. The Morgan fingerprint density at radius 1 is 1.16 bits per heavy atom. The van der Waals surface area contributed by atoms with Crippen molar-refractivity contribution in [1.29, 1.82) is 0 Å². The molecule has 2 amide bonds. The summed E-state index contributed by atoms with van der Waals surface area (Å²) in [6, 6.07) is 11.7. The van der Waals surface area contributed by atoms with Crippen molar-refractivity contribution in [2.45, 2.75) is 20.3 Å². The first-order valence-corrected chi connectivity index (χ1v) is 8.41. The van der Waals surface area contributed by atoms with Crippen LogP contribution < -0.4 is 10.2 Å². The highest BCUT2D eigenvalue weighted by molar-refractivity contribution is 6.33. The molecule has 0 spiro atoms. The first-order chi connectivity index (χ1) is 12.0. The maximum Gasteiger partial charge on any atom is 0.255 e. The fourth-order valence-corrected chi connectivity index (χ4v) is 2.85. The number of nitrogens with zero attached hydrogens (tertiary/aromatic N) is 1. The highest BCUT2D eigenvalue weighted by atomic mass is 35.5. The normalized spacial score (nSPS) is 10.4. The third-order valence-corrected chi connectivity index (χ3v) is 4.17. The zero-order valence-electron chi connectivity index (χ0n) is 14.2. The van der Waals surface area contributed by atoms with Gasteiger partial charge < -0.3 is 10.2 Å². The van der Waals surface area contributed by atoms with E-state index >= 15 is 0 Å². The molecule has 0 saturated carbocycles. The molecule has 0 aromatic heterocycles. The molecule has 0 bridgehead atoms. The summed E-state index contributed by atoms with van der Waals surface area (Å²) >= 11 is 5.89. The lowest BCUT2D eigenvalue weighted by atomic mass is 10.1. The molecule has 0 aliphatic heterocycles. The van der Waals surface area contributed by atoms with Crippen molar-refractivity contribution in [2.24, 2.45) is 0 Å². The lowest BCUT2D eigenvalue weighted by Crippen LogP contribution is -2.38. The lowest BCUT2D eigenvalue weighted by Gasteiger charge is -2.24. The molecule has 4 nitrogen and oxygen atoms in total. The van der Waals surface area contributed by atoms with E-state index in [1.54, 1.807) is 4.90 Å². The van der Waals surface area contributed by atoms with E-state index in [2.05, 4.69) is 5.32 Å². The maximum atomic E-state index is 13.8. The Hall–Kier alpha value is -2.40. The predicted molar refractivity (Wildman–Crippen MR) is 97.6 cm³/mol. The van der Waals surface area contributed by atoms with Gasteiger partial charge in [-0.2, -0.15) is 0 Å². The van der Waals surface area contributed by atoms with E-state index in [1.165, 1.54) is 25.1 Å². The molecule has 0 saturated heterocycles. The van der Waals surface area contributed by atoms with E-state index < -0.39 is 11.7 Å². The Kier molecular flexibility index (Phi) is 6.53. The van der Waals surface area contributed by atoms with E-state index in [0.29, 0.717) is 0 Å². The van der Waals surface area contributed by atoms with Crippen molar-refractivity contribution >= 4 is 29.1 Å². The van der Waals surface area contributed by atoms with Crippen LogP contribution in [0, 0.1) is 5.82 Å². The van der Waals surface area contributed by atoms with Crippen LogP contribution in [0.3, 0.4) is 0 Å². The Morgan fingerprint density at radius 2 is 1.88 bits per heavy atom. The SMILES string of the molecule is CCc1ccccc1N(CCNC(=O)c1c(F)cccc1Cl)C(C)=O. The van der Waals surface area contributed by atoms with Gasteiger partial charge in [-0.05, 0) is 30.2 Å². The molecule has 2 rings (SSSR count). The van der Waals surface area contributed by atoms with Crippen molar-refractivity contribution in [3.63, 3.8) is 0 Å². The van der Waals surface area contributed by atoms with Crippen molar-refractivity contribution in [3.05, 3.63) is 64.4 Å². The minimum absolute atomic E-state index is 0.0530. The summed E-state index contributed by atoms with van der Waals surface area (Å²) in [5, 5.41) is 2.67. The second kappa shape index (κ2) is 8.62. The summed E-state index contributed by atoms with van der Waals surface area (Å²) in [6.45, 7) is 3.95. The van der Waals surface area contributed by atoms with Crippen LogP contribution in [-0.4, -0.2) is 24.9 Å². The van der Waals surface area contributed by atoms with Crippen LogP contribution in [0.4, 0.5) is 10.1 Å². The van der Waals surface area contributed by atoms with E-state index in [9.17, 15) is 14.0 Å². The van der Waals surface area contributed by atoms with Gasteiger partial charge in [0.05, 0.1) is 10.6 Å². The lowest BCUT2D eigenvalue weighted by molar-refractivity contribution is -0.116. The fourth-order valence-electron chi connectivity index (χ4n) is 2.61. The number of carbonyl (C=O) groups is 2. The second-order valence-corrected chi connectivity index (χ2v) is 5.91. The van der Waals surface area contributed by atoms with Crippen molar-refractivity contribution < 1.29 is 14.0 Å². The number of benzene rings is 2. The number of hydrogen-bond acceptors (Lipinski definition) is 2. The molecule has 0 aliphatic carbocycles. The molecule has 0 unspecified atom stereocenters. The summed E-state index contributed by atoms with van der Waals surface area (Å²) < 4.78 is 13.8. The average molecular weight is 363 g/mol. The van der Waals surface area contributed by atoms with Gasteiger partial charge >= 0.3 is 0 Å². The number of rotatable bonds is 6. The van der Waals surface area contributed by atoms with E-state index in [4.69, 9.17) is 11.6 Å². The first-order valence-electron chi connectivity index (χ1n) is 8.04. The van der Waals surface area contributed by atoms with Gasteiger partial charge in [0.25, 0.3) is 5.91 Å². The third kappa shape index (κ3) is 4.57. The van der Waals surface area contributed by atoms with Gasteiger partial charge in [-0.3, -0.25) is 9.59 Å². The number of nitrogens with one attached hydrogen (secondary N) is 1. The van der Waals surface area contributed by atoms with Crippen LogP contribution >= 0.6 is 11.6 Å². The molecule has 0 radical (unpaired) electrons. The van der Waals surface area contributed by atoms with Gasteiger partial charge in [0.1, 0.15) is 5.82 Å². The highest BCUT2D eigenvalue weighted by Gasteiger charge is 2.17. The van der Waals surface area contributed by atoms with Gasteiger partial charge in [0, 0.05) is 25.7 Å². The van der Waals surface area contributed by atoms with Crippen molar-refractivity contribution in [2.75, 3.05) is 18.0 Å². The molecule has 0 aliphatic rings. The quantitative estimate of drug-likeness (QED) is 0.849. The van der Waals surface area contributed by atoms with Crippen LogP contribution in [0.25, 0.3) is 0 Å². The monoisotopic (exact) mass is 362 g/mol. The number of anilines is 1. The topological polar surface area (TPSA) is 49.4 Å². The summed E-state index contributed by atoms with van der Waals surface area (Å²) in [5.74, 6) is -1.40. The van der Waals surface area contributed by atoms with E-state index in [-0.39, 0.29) is 29.6 Å². The predicted octanol–water partition coefficient (Wildman–Crippen LogP) is 3.82. The molecular formula is C19H20ClFN2O2. The van der Waals surface area contributed by atoms with Crippen LogP contribution in [0.2, 0.25) is 5.02 Å². The minimum Gasteiger partial charge on any atom is -0.350 e. The van der Waals surface area contributed by atoms with Crippen LogP contribution in [-0.2, 0) is 11.2 Å². The number of carbonyl (C=O) groups excluding carboxylic acids is 2. The molecule has 25 heavy (non-hydrogen) atoms. The van der Waals surface area contributed by atoms with Gasteiger partial charge in [-0.1, -0.05) is 42.8 Å². The zero-order valence-corrected chi connectivity index (χ0v) is 14.9. The number of amides is 2. The molecule has 132 valence electrons. The molecule has 1 N–H and O–H groups in total. The van der Waals surface area contributed by atoms with Crippen LogP contribution in [0.5, 0.6) is 0 Å². The number of hydrogen-bond donors (Lipinski definition) is 1. The molecule has 2 aromatic carbocycles. The number of aryl methyl sites for hydroxylation is 1. The van der Waals surface area contributed by atoms with Crippen molar-refractivity contribution in [1.82, 2.24) is 5.32 Å². The fraction of sp³-hybridized carbons (Fsp3) is 0.263. The summed E-state index contributed by atoms with van der Waals surface area (Å²) in [4.78, 5) is 25.8. The van der Waals surface area contributed by atoms with E-state index in [1.807, 2.05) is 31.2 Å². The Morgan fingerprint density at radius 3 is 2.52 bits per heavy atom. The number of halogens is 2. The molecule has 0 atom stereocenters. The maximum absolute atomic E-state index is 13.8. The zero-order chi connectivity index (χ0) is 18.4. The standard InChI is InChI=1S/C19H20ClFN2O2/c1-3-14-7-4-5-10-17(14)23(13(2)24)12-11-22-19(25)18-15(20)8-6-9-16(18)21/h4-10H,3,11-12H2,1-2H3,(H,22,25). The molecular weight excluding hydrogens is 343 g/mol. The minimum atomic E-state index is -0.676. The Labute approximate surface area is 151 Å². The molecule has 6 heteroatoms. The van der Waals surface area contributed by atoms with Gasteiger partial charge in [0.15, 0.2) is 0 Å². The highest BCUT2D eigenvalue weighted by Crippen LogP contribution is 2.21. The molecule has 0 fully saturated rings. The smallest absolute Gasteiger partial charge is 0.255 e. The summed E-state index contributed by atoms with van der Waals surface area (Å²) in [7, 11) is 0. The molecule has 0 heterocycles. The largest absolute Gasteiger partial charge is 0.350 e. The van der Waals surface area contributed by atoms with Crippen molar-refractivity contribution in [3.8, 4) is 0 Å². The van der Waals surface area contributed by atoms with Gasteiger partial charge in [0.2, 0.25) is 5.91 Å². The molecule has 2 aromatic rings.